The van der Waals surface area contributed by atoms with Gasteiger partial charge in [0, 0.05) is 19.1 Å². The Morgan fingerprint density at radius 3 is 2.62 bits per heavy atom. The standard InChI is InChI=1S/C20H28N2O3S/c23-20(21-19-12-16-8-9-17(19)11-16)18-7-4-10-22(13-18)26(24,25)14-15-5-2-1-3-6-15/h1-3,5-6,16-19H,4,7-14H2,(H,21,23)/t16-,17-,18+,19-/m1/s1. The lowest BCUT2D eigenvalue weighted by atomic mass is 9.93. The third kappa shape index (κ3) is 3.81. The van der Waals surface area contributed by atoms with Crippen molar-refractivity contribution in [2.24, 2.45) is 17.8 Å². The lowest BCUT2D eigenvalue weighted by molar-refractivity contribution is -0.127. The second-order valence-corrected chi connectivity index (χ2v) is 10.2. The zero-order valence-electron chi connectivity index (χ0n) is 15.1. The summed E-state index contributed by atoms with van der Waals surface area (Å²) in [6, 6.07) is 9.58. The van der Waals surface area contributed by atoms with Crippen LogP contribution in [-0.2, 0) is 20.6 Å². The van der Waals surface area contributed by atoms with Crippen LogP contribution in [0.2, 0.25) is 0 Å². The van der Waals surface area contributed by atoms with Crippen LogP contribution in [0.4, 0.5) is 0 Å². The minimum Gasteiger partial charge on any atom is -0.353 e. The number of hydrogen-bond donors (Lipinski definition) is 1. The van der Waals surface area contributed by atoms with Gasteiger partial charge in [-0.25, -0.2) is 12.7 Å². The monoisotopic (exact) mass is 376 g/mol. The first kappa shape index (κ1) is 18.0. The molecule has 2 saturated carbocycles. The summed E-state index contributed by atoms with van der Waals surface area (Å²) in [4.78, 5) is 12.7. The summed E-state index contributed by atoms with van der Waals surface area (Å²) in [6.45, 7) is 0.842. The number of piperidine rings is 1. The third-order valence-corrected chi connectivity index (χ3v) is 8.22. The number of hydrogen-bond acceptors (Lipinski definition) is 3. The van der Waals surface area contributed by atoms with Gasteiger partial charge in [-0.05, 0) is 49.5 Å². The Labute approximate surface area is 156 Å². The van der Waals surface area contributed by atoms with E-state index in [0.29, 0.717) is 25.0 Å². The van der Waals surface area contributed by atoms with Gasteiger partial charge in [0.25, 0.3) is 0 Å². The maximum absolute atomic E-state index is 12.8. The van der Waals surface area contributed by atoms with E-state index in [2.05, 4.69) is 5.32 Å². The van der Waals surface area contributed by atoms with Gasteiger partial charge in [0.1, 0.15) is 0 Å². The predicted octanol–water partition coefficient (Wildman–Crippen LogP) is 2.53. The molecular formula is C20H28N2O3S. The molecule has 142 valence electrons. The van der Waals surface area contributed by atoms with Gasteiger partial charge in [-0.15, -0.1) is 0 Å². The normalized spacial score (nSPS) is 31.8. The van der Waals surface area contributed by atoms with Crippen LogP contribution in [0.3, 0.4) is 0 Å². The van der Waals surface area contributed by atoms with E-state index in [1.807, 2.05) is 30.3 Å². The van der Waals surface area contributed by atoms with Gasteiger partial charge < -0.3 is 5.32 Å². The lowest BCUT2D eigenvalue weighted by Gasteiger charge is -2.33. The van der Waals surface area contributed by atoms with E-state index >= 15 is 0 Å². The molecule has 26 heavy (non-hydrogen) atoms. The Hall–Kier alpha value is -1.40. The molecule has 0 aromatic heterocycles. The molecule has 4 rings (SSSR count). The molecule has 1 saturated heterocycles. The molecule has 0 radical (unpaired) electrons. The Morgan fingerprint density at radius 1 is 1.12 bits per heavy atom. The van der Waals surface area contributed by atoms with Crippen molar-refractivity contribution in [1.82, 2.24) is 9.62 Å². The molecule has 3 fully saturated rings. The topological polar surface area (TPSA) is 66.5 Å². The number of benzene rings is 1. The quantitative estimate of drug-likeness (QED) is 0.859. The molecule has 0 unspecified atom stereocenters. The summed E-state index contributed by atoms with van der Waals surface area (Å²) in [5, 5.41) is 3.24. The van der Waals surface area contributed by atoms with Crippen LogP contribution in [0.25, 0.3) is 0 Å². The third-order valence-electron chi connectivity index (χ3n) is 6.41. The Kier molecular flexibility index (Phi) is 5.06. The molecule has 1 aromatic rings. The van der Waals surface area contributed by atoms with Crippen LogP contribution in [0.5, 0.6) is 0 Å². The smallest absolute Gasteiger partial charge is 0.224 e. The summed E-state index contributed by atoms with van der Waals surface area (Å²) in [7, 11) is -3.39. The first-order chi connectivity index (χ1) is 12.5. The Morgan fingerprint density at radius 2 is 1.92 bits per heavy atom. The van der Waals surface area contributed by atoms with E-state index in [4.69, 9.17) is 0 Å². The van der Waals surface area contributed by atoms with E-state index in [1.54, 1.807) is 0 Å². The fourth-order valence-corrected chi connectivity index (χ4v) is 6.62. The molecule has 6 heteroatoms. The minimum absolute atomic E-state index is 0.00849. The molecule has 1 aliphatic heterocycles. The Bertz CT molecular complexity index is 750. The number of nitrogens with zero attached hydrogens (tertiary/aromatic N) is 1. The first-order valence-electron chi connectivity index (χ1n) is 9.83. The van der Waals surface area contributed by atoms with Gasteiger partial charge in [-0.1, -0.05) is 36.8 Å². The van der Waals surface area contributed by atoms with Crippen LogP contribution in [-0.4, -0.2) is 37.8 Å². The van der Waals surface area contributed by atoms with Gasteiger partial charge in [-0.3, -0.25) is 4.79 Å². The van der Waals surface area contributed by atoms with Crippen molar-refractivity contribution in [3.8, 4) is 0 Å². The highest BCUT2D eigenvalue weighted by molar-refractivity contribution is 7.88. The zero-order valence-corrected chi connectivity index (χ0v) is 16.0. The minimum atomic E-state index is -3.39. The number of carbonyl (C=O) groups excluding carboxylic acids is 1. The largest absolute Gasteiger partial charge is 0.353 e. The van der Waals surface area contributed by atoms with Crippen LogP contribution in [0, 0.1) is 17.8 Å². The molecule has 2 aliphatic carbocycles. The molecule has 4 atom stereocenters. The highest BCUT2D eigenvalue weighted by atomic mass is 32.2. The van der Waals surface area contributed by atoms with E-state index in [-0.39, 0.29) is 17.6 Å². The summed E-state index contributed by atoms with van der Waals surface area (Å²) >= 11 is 0. The van der Waals surface area contributed by atoms with Crippen molar-refractivity contribution in [1.29, 1.82) is 0 Å². The molecule has 2 bridgehead atoms. The molecule has 3 aliphatic rings. The molecule has 1 N–H and O–H groups in total. The van der Waals surface area contributed by atoms with E-state index < -0.39 is 10.0 Å². The second kappa shape index (κ2) is 7.31. The molecule has 1 aromatic carbocycles. The van der Waals surface area contributed by atoms with Gasteiger partial charge in [-0.2, -0.15) is 0 Å². The maximum atomic E-state index is 12.8. The molecular weight excluding hydrogens is 348 g/mol. The average molecular weight is 377 g/mol. The second-order valence-electron chi connectivity index (χ2n) is 8.23. The number of amides is 1. The molecule has 0 spiro atoms. The zero-order chi connectivity index (χ0) is 18.1. The number of fused-ring (bicyclic) bond motifs is 2. The molecule has 1 amide bonds. The van der Waals surface area contributed by atoms with Gasteiger partial charge in [0.05, 0.1) is 11.7 Å². The highest BCUT2D eigenvalue weighted by Gasteiger charge is 2.41. The summed E-state index contributed by atoms with van der Waals surface area (Å²) < 4.78 is 27.1. The fourth-order valence-electron chi connectivity index (χ4n) is 5.01. The SMILES string of the molecule is O=C(N[C@@H]1C[C@@H]2CC[C@@H]1C2)[C@H]1CCCN(S(=O)(=O)Cc2ccccc2)C1. The van der Waals surface area contributed by atoms with Crippen LogP contribution >= 0.6 is 0 Å². The predicted molar refractivity (Wildman–Crippen MR) is 101 cm³/mol. The van der Waals surface area contributed by atoms with Crippen molar-refractivity contribution >= 4 is 15.9 Å². The summed E-state index contributed by atoms with van der Waals surface area (Å²) in [6.07, 6.45) is 6.45. The number of rotatable bonds is 5. The number of carbonyl (C=O) groups is 1. The van der Waals surface area contributed by atoms with Crippen molar-refractivity contribution in [2.75, 3.05) is 13.1 Å². The van der Waals surface area contributed by atoms with Gasteiger partial charge in [0.2, 0.25) is 15.9 Å². The van der Waals surface area contributed by atoms with Gasteiger partial charge >= 0.3 is 0 Å². The number of nitrogens with one attached hydrogen (secondary N) is 1. The summed E-state index contributed by atoms with van der Waals surface area (Å²) in [5.74, 6) is 1.29. The van der Waals surface area contributed by atoms with E-state index in [1.165, 1.54) is 23.6 Å². The number of sulfonamides is 1. The molecule has 5 nitrogen and oxygen atoms in total. The van der Waals surface area contributed by atoms with Crippen LogP contribution in [0.15, 0.2) is 30.3 Å². The van der Waals surface area contributed by atoms with Crippen molar-refractivity contribution in [3.63, 3.8) is 0 Å². The Balaban J connectivity index is 1.36. The maximum Gasteiger partial charge on any atom is 0.224 e. The lowest BCUT2D eigenvalue weighted by Crippen LogP contribution is -2.48. The van der Waals surface area contributed by atoms with Gasteiger partial charge in [0.15, 0.2) is 0 Å². The molecule has 1 heterocycles. The fraction of sp³-hybridized carbons (Fsp3) is 0.650. The first-order valence-corrected chi connectivity index (χ1v) is 11.4. The highest BCUT2D eigenvalue weighted by Crippen LogP contribution is 2.44. The van der Waals surface area contributed by atoms with Crippen molar-refractivity contribution in [3.05, 3.63) is 35.9 Å². The van der Waals surface area contributed by atoms with E-state index in [0.717, 1.165) is 30.7 Å². The van der Waals surface area contributed by atoms with E-state index in [9.17, 15) is 13.2 Å². The average Bonchev–Trinajstić information content (AvgIpc) is 3.25. The van der Waals surface area contributed by atoms with Crippen molar-refractivity contribution in [2.45, 2.75) is 50.3 Å². The van der Waals surface area contributed by atoms with Crippen LogP contribution in [0.1, 0.15) is 44.1 Å². The van der Waals surface area contributed by atoms with Crippen LogP contribution < -0.4 is 5.32 Å². The summed E-state index contributed by atoms with van der Waals surface area (Å²) in [5.41, 5.74) is 0.793. The van der Waals surface area contributed by atoms with Crippen molar-refractivity contribution < 1.29 is 13.2 Å².